The van der Waals surface area contributed by atoms with Crippen molar-refractivity contribution in [1.82, 2.24) is 9.55 Å². The summed E-state index contributed by atoms with van der Waals surface area (Å²) in [5.74, 6) is 0. The zero-order chi connectivity index (χ0) is 19.7. The molecule has 26 heavy (non-hydrogen) atoms. The summed E-state index contributed by atoms with van der Waals surface area (Å²) in [4.78, 5) is 36.7. The molecule has 0 bridgehead atoms. The number of carbonyl (C=O) groups excluding carboxylic acids is 1. The second-order valence-electron chi connectivity index (χ2n) is 8.19. The summed E-state index contributed by atoms with van der Waals surface area (Å²) in [7, 11) is -1.99. The minimum atomic E-state index is -1.99. The number of hydrogen-bond donors (Lipinski definition) is 1. The lowest BCUT2D eigenvalue weighted by molar-refractivity contribution is -0.137. The van der Waals surface area contributed by atoms with Gasteiger partial charge in [0.25, 0.3) is 12.0 Å². The Bertz CT molecular complexity index is 764. The van der Waals surface area contributed by atoms with Crippen molar-refractivity contribution in [1.29, 1.82) is 0 Å². The number of hydrogen-bond acceptors (Lipinski definition) is 6. The molecule has 1 saturated heterocycles. The molecular weight excluding hydrogens is 356 g/mol. The summed E-state index contributed by atoms with van der Waals surface area (Å²) in [5, 5.41) is 0.0407. The van der Waals surface area contributed by atoms with Gasteiger partial charge in [0.05, 0.1) is 6.61 Å². The molecule has 8 nitrogen and oxygen atoms in total. The molecule has 0 radical (unpaired) electrons. The number of ether oxygens (including phenoxy) is 2. The van der Waals surface area contributed by atoms with Gasteiger partial charge in [-0.2, -0.15) is 0 Å². The molecule has 0 aromatic carbocycles. The molecule has 9 heteroatoms. The van der Waals surface area contributed by atoms with Gasteiger partial charge in [-0.05, 0) is 25.1 Å². The summed E-state index contributed by atoms with van der Waals surface area (Å²) >= 11 is 0. The maximum absolute atomic E-state index is 12.1. The molecule has 1 aliphatic heterocycles. The highest BCUT2D eigenvalue weighted by Gasteiger charge is 2.42. The van der Waals surface area contributed by atoms with Gasteiger partial charge in [0.15, 0.2) is 8.32 Å². The van der Waals surface area contributed by atoms with Gasteiger partial charge in [0, 0.05) is 18.2 Å². The topological polar surface area (TPSA) is 99.6 Å². The number of nitrogens with zero attached hydrogens (tertiary/aromatic N) is 1. The first kappa shape index (κ1) is 20.6. The molecular formula is C17H28N2O6Si. The smallest absolute Gasteiger partial charge is 0.330 e. The Morgan fingerprint density at radius 3 is 2.62 bits per heavy atom. The fraction of sp³-hybridized carbons (Fsp3) is 0.706. The maximum Gasteiger partial charge on any atom is 0.330 e. The van der Waals surface area contributed by atoms with Crippen LogP contribution in [0.5, 0.6) is 0 Å². The van der Waals surface area contributed by atoms with Crippen molar-refractivity contribution in [2.45, 2.75) is 70.7 Å². The van der Waals surface area contributed by atoms with E-state index in [1.54, 1.807) is 6.92 Å². The molecule has 1 aliphatic rings. The molecule has 0 saturated carbocycles. The highest BCUT2D eigenvalue weighted by Crippen LogP contribution is 2.38. The Balaban J connectivity index is 2.18. The number of aryl methyl sites for hydroxylation is 1. The zero-order valence-corrected chi connectivity index (χ0v) is 17.2. The standard InChI is InChI=1S/C17H28N2O6Si/c1-11-8-19(16(22)18-15(11)21)14-7-12(23-10-20)13(25-14)9-24-26(5,6)17(2,3)4/h8,10,12-14H,7,9H2,1-6H3,(H,18,21,22)/t12-,13+,14+/m0/s1. The number of H-pyrrole nitrogens is 1. The molecule has 0 unspecified atom stereocenters. The first-order valence-corrected chi connectivity index (χ1v) is 11.6. The van der Waals surface area contributed by atoms with Crippen molar-refractivity contribution in [2.75, 3.05) is 6.61 Å². The van der Waals surface area contributed by atoms with Crippen molar-refractivity contribution in [2.24, 2.45) is 0 Å². The van der Waals surface area contributed by atoms with Crippen LogP contribution in [0.1, 0.15) is 39.0 Å². The lowest BCUT2D eigenvalue weighted by Gasteiger charge is -2.37. The summed E-state index contributed by atoms with van der Waals surface area (Å²) < 4.78 is 18.6. The molecule has 0 aliphatic carbocycles. The quantitative estimate of drug-likeness (QED) is 0.592. The van der Waals surface area contributed by atoms with Crippen LogP contribution in [0.4, 0.5) is 0 Å². The van der Waals surface area contributed by atoms with Crippen molar-refractivity contribution in [3.8, 4) is 0 Å². The largest absolute Gasteiger partial charge is 0.462 e. The molecule has 1 aromatic rings. The molecule has 1 N–H and O–H groups in total. The monoisotopic (exact) mass is 384 g/mol. The highest BCUT2D eigenvalue weighted by molar-refractivity contribution is 6.74. The van der Waals surface area contributed by atoms with Gasteiger partial charge in [0.2, 0.25) is 0 Å². The Kier molecular flexibility index (Phi) is 5.94. The van der Waals surface area contributed by atoms with Crippen molar-refractivity contribution in [3.63, 3.8) is 0 Å². The molecule has 3 atom stereocenters. The first-order chi connectivity index (χ1) is 12.0. The minimum absolute atomic E-state index is 0.0407. The third kappa shape index (κ3) is 4.33. The van der Waals surface area contributed by atoms with Gasteiger partial charge in [-0.3, -0.25) is 19.1 Å². The van der Waals surface area contributed by atoms with E-state index in [-0.39, 0.29) is 11.6 Å². The zero-order valence-electron chi connectivity index (χ0n) is 16.2. The Morgan fingerprint density at radius 1 is 1.38 bits per heavy atom. The third-order valence-electron chi connectivity index (χ3n) is 5.28. The third-order valence-corrected chi connectivity index (χ3v) is 9.78. The van der Waals surface area contributed by atoms with Crippen LogP contribution in [0.2, 0.25) is 18.1 Å². The predicted molar refractivity (Wildman–Crippen MR) is 98.7 cm³/mol. The van der Waals surface area contributed by atoms with Gasteiger partial charge in [-0.25, -0.2) is 4.79 Å². The van der Waals surface area contributed by atoms with E-state index in [9.17, 15) is 14.4 Å². The van der Waals surface area contributed by atoms with Gasteiger partial charge < -0.3 is 13.9 Å². The van der Waals surface area contributed by atoms with Crippen molar-refractivity contribution >= 4 is 14.8 Å². The summed E-state index contributed by atoms with van der Waals surface area (Å²) in [5.41, 5.74) is -0.578. The van der Waals surface area contributed by atoms with Crippen molar-refractivity contribution in [3.05, 3.63) is 32.6 Å². The Hall–Kier alpha value is -1.71. The van der Waals surface area contributed by atoms with E-state index >= 15 is 0 Å². The molecule has 2 heterocycles. The van der Waals surface area contributed by atoms with Crippen molar-refractivity contribution < 1.29 is 18.7 Å². The SMILES string of the molecule is Cc1cn([C@H]2C[C@H](OC=O)[C@@H](CO[Si](C)(C)C(C)(C)C)O2)c(=O)[nH]c1=O. The fourth-order valence-electron chi connectivity index (χ4n) is 2.54. The van der Waals surface area contributed by atoms with Crippen LogP contribution in [0.25, 0.3) is 0 Å². The average molecular weight is 385 g/mol. The van der Waals surface area contributed by atoms with Gasteiger partial charge >= 0.3 is 5.69 Å². The second kappa shape index (κ2) is 7.49. The van der Waals surface area contributed by atoms with Gasteiger partial charge in [-0.15, -0.1) is 0 Å². The molecule has 146 valence electrons. The predicted octanol–water partition coefficient (Wildman–Crippen LogP) is 1.70. The van der Waals surface area contributed by atoms with Crippen LogP contribution >= 0.6 is 0 Å². The molecule has 2 rings (SSSR count). The lowest BCUT2D eigenvalue weighted by Crippen LogP contribution is -2.44. The van der Waals surface area contributed by atoms with Crippen LogP contribution in [0, 0.1) is 6.92 Å². The highest BCUT2D eigenvalue weighted by atomic mass is 28.4. The van der Waals surface area contributed by atoms with Gasteiger partial charge in [-0.1, -0.05) is 20.8 Å². The molecule has 1 fully saturated rings. The van der Waals surface area contributed by atoms with E-state index in [1.807, 2.05) is 0 Å². The Morgan fingerprint density at radius 2 is 2.04 bits per heavy atom. The number of rotatable bonds is 6. The van der Waals surface area contributed by atoms with Crippen LogP contribution < -0.4 is 11.2 Å². The fourth-order valence-corrected chi connectivity index (χ4v) is 3.56. The number of carbonyl (C=O) groups is 1. The summed E-state index contributed by atoms with van der Waals surface area (Å²) in [6, 6.07) is 0. The maximum atomic E-state index is 12.1. The van der Waals surface area contributed by atoms with E-state index in [0.29, 0.717) is 18.5 Å². The Labute approximate surface area is 153 Å². The van der Waals surface area contributed by atoms with E-state index in [2.05, 4.69) is 38.8 Å². The van der Waals surface area contributed by atoms with E-state index in [4.69, 9.17) is 13.9 Å². The van der Waals surface area contributed by atoms with Crippen LogP contribution in [0.15, 0.2) is 15.8 Å². The summed E-state index contributed by atoms with van der Waals surface area (Å²) in [6.07, 6.45) is 0.159. The van der Waals surface area contributed by atoms with Crippen LogP contribution in [-0.4, -0.2) is 43.2 Å². The number of aromatic amines is 1. The second-order valence-corrected chi connectivity index (χ2v) is 13.0. The van der Waals surface area contributed by atoms with Gasteiger partial charge in [0.1, 0.15) is 18.4 Å². The summed E-state index contributed by atoms with van der Waals surface area (Å²) in [6.45, 7) is 13.0. The number of nitrogens with one attached hydrogen (secondary N) is 1. The minimum Gasteiger partial charge on any atom is -0.462 e. The van der Waals surface area contributed by atoms with E-state index < -0.39 is 38.0 Å². The van der Waals surface area contributed by atoms with Crippen LogP contribution in [0.3, 0.4) is 0 Å². The number of aromatic nitrogens is 2. The lowest BCUT2D eigenvalue weighted by atomic mass is 10.2. The molecule has 0 spiro atoms. The van der Waals surface area contributed by atoms with E-state index in [1.165, 1.54) is 10.8 Å². The van der Waals surface area contributed by atoms with E-state index in [0.717, 1.165) is 0 Å². The van der Waals surface area contributed by atoms with Crippen LogP contribution in [-0.2, 0) is 18.7 Å². The molecule has 0 amide bonds. The first-order valence-electron chi connectivity index (χ1n) is 8.67. The normalized spacial score (nSPS) is 23.8. The average Bonchev–Trinajstić information content (AvgIpc) is 2.91. The molecule has 1 aromatic heterocycles.